The summed E-state index contributed by atoms with van der Waals surface area (Å²) in [4.78, 5) is 13.2. The van der Waals surface area contributed by atoms with E-state index in [1.54, 1.807) is 6.07 Å². The van der Waals surface area contributed by atoms with Gasteiger partial charge in [0.05, 0.1) is 38.0 Å². The fourth-order valence-corrected chi connectivity index (χ4v) is 3.04. The summed E-state index contributed by atoms with van der Waals surface area (Å²) in [7, 11) is 4.47. The molecule has 0 bridgehead atoms. The predicted molar refractivity (Wildman–Crippen MR) is 101 cm³/mol. The second kappa shape index (κ2) is 6.87. The molecule has 0 saturated carbocycles. The van der Waals surface area contributed by atoms with Crippen LogP contribution in [0.5, 0.6) is 28.7 Å². The summed E-state index contributed by atoms with van der Waals surface area (Å²) in [5.41, 5.74) is 0.619. The van der Waals surface area contributed by atoms with Crippen LogP contribution in [-0.4, -0.2) is 37.8 Å². The lowest BCUT2D eigenvalue weighted by Crippen LogP contribution is -2.28. The van der Waals surface area contributed by atoms with Gasteiger partial charge in [-0.3, -0.25) is 4.79 Å². The minimum Gasteiger partial charge on any atom is -0.508 e. The lowest BCUT2D eigenvalue weighted by Gasteiger charge is -2.30. The van der Waals surface area contributed by atoms with Crippen molar-refractivity contribution in [3.8, 4) is 28.7 Å². The van der Waals surface area contributed by atoms with Crippen LogP contribution < -0.4 is 18.9 Å². The quantitative estimate of drug-likeness (QED) is 0.806. The van der Waals surface area contributed by atoms with Crippen molar-refractivity contribution in [1.82, 2.24) is 0 Å². The van der Waals surface area contributed by atoms with Crippen molar-refractivity contribution in [3.05, 3.63) is 47.0 Å². The maximum absolute atomic E-state index is 13.2. The van der Waals surface area contributed by atoms with Gasteiger partial charge in [0, 0.05) is 0 Å². The first kappa shape index (κ1) is 18.6. The highest BCUT2D eigenvalue weighted by atomic mass is 16.5. The molecule has 0 atom stereocenters. The lowest BCUT2D eigenvalue weighted by molar-refractivity contribution is 0.103. The van der Waals surface area contributed by atoms with Gasteiger partial charge in [-0.2, -0.15) is 0 Å². The van der Waals surface area contributed by atoms with Crippen molar-refractivity contribution >= 4 is 11.9 Å². The fourth-order valence-electron chi connectivity index (χ4n) is 3.04. The number of rotatable bonds is 5. The number of hydrogen-bond acceptors (Lipinski definition) is 6. The van der Waals surface area contributed by atoms with Gasteiger partial charge in [0.1, 0.15) is 22.8 Å². The van der Waals surface area contributed by atoms with Crippen LogP contribution in [0.2, 0.25) is 0 Å². The molecule has 0 aliphatic carbocycles. The SMILES string of the molecule is COc1ccc(O)cc1C(=O)c1cc(OC)c2c(c1OC)C=CC(C)(C)O2. The molecule has 0 aromatic heterocycles. The number of carbonyl (C=O) groups excluding carboxylic acids is 1. The van der Waals surface area contributed by atoms with Gasteiger partial charge < -0.3 is 24.1 Å². The molecular formula is C21H22O6. The number of methoxy groups -OCH3 is 3. The van der Waals surface area contributed by atoms with Crippen LogP contribution in [0.1, 0.15) is 35.3 Å². The molecule has 1 aliphatic rings. The van der Waals surface area contributed by atoms with Gasteiger partial charge in [-0.25, -0.2) is 0 Å². The number of phenolic OH excluding ortho intramolecular Hbond substituents is 1. The smallest absolute Gasteiger partial charge is 0.200 e. The van der Waals surface area contributed by atoms with E-state index < -0.39 is 5.60 Å². The standard InChI is InChI=1S/C21H22O6/c1-21(2)9-8-13-19(26-5)15(11-17(25-4)20(13)27-21)18(23)14-10-12(22)6-7-16(14)24-3/h6-11,22H,1-5H3. The molecule has 1 aliphatic heterocycles. The number of phenols is 1. The van der Waals surface area contributed by atoms with E-state index in [0.29, 0.717) is 28.6 Å². The number of carbonyl (C=O) groups is 1. The molecule has 0 radical (unpaired) electrons. The zero-order valence-corrected chi connectivity index (χ0v) is 16.0. The summed E-state index contributed by atoms with van der Waals surface area (Å²) >= 11 is 0. The maximum atomic E-state index is 13.2. The van der Waals surface area contributed by atoms with Crippen molar-refractivity contribution in [3.63, 3.8) is 0 Å². The highest BCUT2D eigenvalue weighted by Crippen LogP contribution is 2.46. The van der Waals surface area contributed by atoms with Gasteiger partial charge in [-0.05, 0) is 50.3 Å². The average molecular weight is 370 g/mol. The van der Waals surface area contributed by atoms with Crippen LogP contribution in [0.3, 0.4) is 0 Å². The highest BCUT2D eigenvalue weighted by Gasteiger charge is 2.31. The van der Waals surface area contributed by atoms with E-state index in [4.69, 9.17) is 18.9 Å². The van der Waals surface area contributed by atoms with Crippen molar-refractivity contribution in [2.75, 3.05) is 21.3 Å². The Morgan fingerprint density at radius 3 is 2.33 bits per heavy atom. The number of fused-ring (bicyclic) bond motifs is 1. The Hall–Kier alpha value is -3.15. The molecule has 0 spiro atoms. The van der Waals surface area contributed by atoms with Gasteiger partial charge in [0.2, 0.25) is 5.78 Å². The Bertz CT molecular complexity index is 927. The van der Waals surface area contributed by atoms with Crippen LogP contribution in [0, 0.1) is 0 Å². The second-order valence-electron chi connectivity index (χ2n) is 6.65. The molecular weight excluding hydrogens is 348 g/mol. The molecule has 2 aromatic rings. The van der Waals surface area contributed by atoms with E-state index in [1.165, 1.54) is 39.5 Å². The van der Waals surface area contributed by atoms with E-state index in [9.17, 15) is 9.90 Å². The van der Waals surface area contributed by atoms with Gasteiger partial charge in [-0.15, -0.1) is 0 Å². The molecule has 1 heterocycles. The van der Waals surface area contributed by atoms with Gasteiger partial charge in [0.15, 0.2) is 11.5 Å². The molecule has 142 valence electrons. The molecule has 0 amide bonds. The first-order chi connectivity index (χ1) is 12.8. The van der Waals surface area contributed by atoms with Gasteiger partial charge >= 0.3 is 0 Å². The van der Waals surface area contributed by atoms with E-state index in [0.717, 1.165) is 0 Å². The van der Waals surface area contributed by atoms with Crippen LogP contribution in [0.25, 0.3) is 6.08 Å². The Morgan fingerprint density at radius 2 is 1.70 bits per heavy atom. The zero-order valence-electron chi connectivity index (χ0n) is 16.0. The molecule has 6 heteroatoms. The largest absolute Gasteiger partial charge is 0.508 e. The van der Waals surface area contributed by atoms with Crippen LogP contribution in [0.15, 0.2) is 30.3 Å². The minimum atomic E-state index is -0.509. The van der Waals surface area contributed by atoms with E-state index in [-0.39, 0.29) is 22.7 Å². The summed E-state index contributed by atoms with van der Waals surface area (Å²) in [6.45, 7) is 3.85. The number of aromatic hydroxyl groups is 1. The molecule has 2 aromatic carbocycles. The summed E-state index contributed by atoms with van der Waals surface area (Å²) in [6, 6.07) is 5.94. The van der Waals surface area contributed by atoms with E-state index >= 15 is 0 Å². The maximum Gasteiger partial charge on any atom is 0.200 e. The summed E-state index contributed by atoms with van der Waals surface area (Å²) in [5, 5.41) is 9.81. The fraction of sp³-hybridized carbons (Fsp3) is 0.286. The average Bonchev–Trinajstić information content (AvgIpc) is 2.65. The summed E-state index contributed by atoms with van der Waals surface area (Å²) in [6.07, 6.45) is 3.75. The predicted octanol–water partition coefficient (Wildman–Crippen LogP) is 3.83. The first-order valence-corrected chi connectivity index (χ1v) is 8.40. The zero-order chi connectivity index (χ0) is 19.8. The third-order valence-corrected chi connectivity index (χ3v) is 4.35. The lowest BCUT2D eigenvalue weighted by atomic mass is 9.94. The Labute approximate surface area is 157 Å². The topological polar surface area (TPSA) is 74.2 Å². The Morgan fingerprint density at radius 1 is 1.00 bits per heavy atom. The number of hydrogen-bond donors (Lipinski definition) is 1. The third-order valence-electron chi connectivity index (χ3n) is 4.35. The van der Waals surface area contributed by atoms with Crippen molar-refractivity contribution in [2.24, 2.45) is 0 Å². The van der Waals surface area contributed by atoms with Gasteiger partial charge in [0.25, 0.3) is 0 Å². The number of benzene rings is 2. The summed E-state index contributed by atoms with van der Waals surface area (Å²) < 4.78 is 22.3. The summed E-state index contributed by atoms with van der Waals surface area (Å²) in [5.74, 6) is 1.26. The van der Waals surface area contributed by atoms with Crippen LogP contribution in [-0.2, 0) is 0 Å². The van der Waals surface area contributed by atoms with Crippen LogP contribution >= 0.6 is 0 Å². The van der Waals surface area contributed by atoms with Crippen LogP contribution in [0.4, 0.5) is 0 Å². The normalized spacial score (nSPS) is 14.1. The molecule has 0 unspecified atom stereocenters. The van der Waals surface area contributed by atoms with Crippen molar-refractivity contribution in [2.45, 2.75) is 19.4 Å². The van der Waals surface area contributed by atoms with E-state index in [2.05, 4.69) is 0 Å². The molecule has 3 rings (SSSR count). The minimum absolute atomic E-state index is 0.0342. The molecule has 27 heavy (non-hydrogen) atoms. The number of ether oxygens (including phenoxy) is 4. The third kappa shape index (κ3) is 3.30. The van der Waals surface area contributed by atoms with Crippen molar-refractivity contribution in [1.29, 1.82) is 0 Å². The molecule has 0 fully saturated rings. The molecule has 6 nitrogen and oxygen atoms in total. The van der Waals surface area contributed by atoms with E-state index in [1.807, 2.05) is 26.0 Å². The Balaban J connectivity index is 2.23. The first-order valence-electron chi connectivity index (χ1n) is 8.40. The monoisotopic (exact) mass is 370 g/mol. The second-order valence-corrected chi connectivity index (χ2v) is 6.65. The molecule has 0 saturated heterocycles. The highest BCUT2D eigenvalue weighted by molar-refractivity contribution is 6.13. The number of ketones is 1. The molecule has 1 N–H and O–H groups in total. The van der Waals surface area contributed by atoms with Gasteiger partial charge in [-0.1, -0.05) is 0 Å². The van der Waals surface area contributed by atoms with Crippen molar-refractivity contribution < 1.29 is 28.8 Å². The Kier molecular flexibility index (Phi) is 4.74.